The van der Waals surface area contributed by atoms with Crippen LogP contribution in [0.2, 0.25) is 0 Å². The summed E-state index contributed by atoms with van der Waals surface area (Å²) in [6, 6.07) is 4.32. The van der Waals surface area contributed by atoms with Crippen molar-refractivity contribution in [2.45, 2.75) is 13.0 Å². The fourth-order valence-corrected chi connectivity index (χ4v) is 1.99. The molecule has 2 rings (SSSR count). The highest BCUT2D eigenvalue weighted by atomic mass is 19.2. The third-order valence-electron chi connectivity index (χ3n) is 3.00. The lowest BCUT2D eigenvalue weighted by molar-refractivity contribution is 0.477. The van der Waals surface area contributed by atoms with Gasteiger partial charge in [-0.15, -0.1) is 0 Å². The monoisotopic (exact) mass is 284 g/mol. The number of aryl methyl sites for hydroxylation is 1. The van der Waals surface area contributed by atoms with E-state index in [2.05, 4.69) is 5.43 Å². The lowest BCUT2D eigenvalue weighted by atomic mass is 9.97. The molecule has 0 amide bonds. The average molecular weight is 284 g/mol. The van der Waals surface area contributed by atoms with Crippen LogP contribution in [0.3, 0.4) is 0 Å². The summed E-state index contributed by atoms with van der Waals surface area (Å²) in [5.41, 5.74) is 2.31. The molecule has 0 saturated heterocycles. The summed E-state index contributed by atoms with van der Waals surface area (Å²) in [4.78, 5) is 0. The predicted octanol–water partition coefficient (Wildman–Crippen LogP) is 3.10. The highest BCUT2D eigenvalue weighted by molar-refractivity contribution is 5.35. The van der Waals surface area contributed by atoms with Gasteiger partial charge in [-0.25, -0.2) is 23.0 Å². The van der Waals surface area contributed by atoms with E-state index in [4.69, 9.17) is 5.84 Å². The number of hydrogen-bond acceptors (Lipinski definition) is 2. The molecule has 1 atom stereocenters. The summed E-state index contributed by atoms with van der Waals surface area (Å²) in [6.45, 7) is 1.41. The summed E-state index contributed by atoms with van der Waals surface area (Å²) < 4.78 is 53.9. The number of halogens is 4. The fourth-order valence-electron chi connectivity index (χ4n) is 1.99. The SMILES string of the molecule is Cc1ccc(C(NN)c2cc(F)cc(F)c2)c(F)c1F. The van der Waals surface area contributed by atoms with Gasteiger partial charge in [-0.2, -0.15) is 0 Å². The minimum absolute atomic E-state index is 0.0622. The number of hydrogen-bond donors (Lipinski definition) is 2. The van der Waals surface area contributed by atoms with Gasteiger partial charge in [-0.1, -0.05) is 12.1 Å². The minimum Gasteiger partial charge on any atom is -0.271 e. The van der Waals surface area contributed by atoms with Gasteiger partial charge in [-0.05, 0) is 30.2 Å². The average Bonchev–Trinajstić information content (AvgIpc) is 2.38. The van der Waals surface area contributed by atoms with Gasteiger partial charge >= 0.3 is 0 Å². The Hall–Kier alpha value is -1.92. The van der Waals surface area contributed by atoms with Crippen LogP contribution in [0.5, 0.6) is 0 Å². The number of hydrazine groups is 1. The molecule has 0 saturated carbocycles. The Morgan fingerprint density at radius 1 is 0.950 bits per heavy atom. The largest absolute Gasteiger partial charge is 0.271 e. The van der Waals surface area contributed by atoms with Gasteiger partial charge in [0.05, 0.1) is 6.04 Å². The van der Waals surface area contributed by atoms with Crippen molar-refractivity contribution in [1.29, 1.82) is 0 Å². The van der Waals surface area contributed by atoms with Gasteiger partial charge in [0, 0.05) is 11.6 Å². The van der Waals surface area contributed by atoms with Crippen molar-refractivity contribution in [3.05, 3.63) is 70.3 Å². The second-order valence-electron chi connectivity index (χ2n) is 4.40. The first-order chi connectivity index (χ1) is 9.43. The maximum Gasteiger partial charge on any atom is 0.164 e. The van der Waals surface area contributed by atoms with E-state index < -0.39 is 29.3 Å². The molecule has 0 aliphatic carbocycles. The lowest BCUT2D eigenvalue weighted by Crippen LogP contribution is -2.30. The molecule has 0 bridgehead atoms. The molecular weight excluding hydrogens is 272 g/mol. The second kappa shape index (κ2) is 5.60. The molecular formula is C14H12F4N2. The molecule has 20 heavy (non-hydrogen) atoms. The summed E-state index contributed by atoms with van der Waals surface area (Å²) in [6.07, 6.45) is 0. The summed E-state index contributed by atoms with van der Waals surface area (Å²) in [5, 5.41) is 0. The molecule has 0 fully saturated rings. The number of rotatable bonds is 3. The Kier molecular flexibility index (Phi) is 4.06. The number of benzene rings is 2. The van der Waals surface area contributed by atoms with Crippen molar-refractivity contribution in [3.63, 3.8) is 0 Å². The topological polar surface area (TPSA) is 38.0 Å². The normalized spacial score (nSPS) is 12.5. The quantitative estimate of drug-likeness (QED) is 0.516. The van der Waals surface area contributed by atoms with Crippen molar-refractivity contribution in [2.24, 2.45) is 5.84 Å². The third kappa shape index (κ3) is 2.66. The molecule has 1 unspecified atom stereocenters. The van der Waals surface area contributed by atoms with E-state index in [1.807, 2.05) is 0 Å². The van der Waals surface area contributed by atoms with E-state index in [-0.39, 0.29) is 16.7 Å². The van der Waals surface area contributed by atoms with Crippen LogP contribution >= 0.6 is 0 Å². The molecule has 0 heterocycles. The molecule has 0 aromatic heterocycles. The van der Waals surface area contributed by atoms with Crippen molar-refractivity contribution >= 4 is 0 Å². The van der Waals surface area contributed by atoms with E-state index in [0.29, 0.717) is 6.07 Å². The smallest absolute Gasteiger partial charge is 0.164 e. The highest BCUT2D eigenvalue weighted by Crippen LogP contribution is 2.27. The van der Waals surface area contributed by atoms with E-state index >= 15 is 0 Å². The zero-order valence-corrected chi connectivity index (χ0v) is 10.6. The van der Waals surface area contributed by atoms with E-state index in [1.54, 1.807) is 0 Å². The Balaban J connectivity index is 2.55. The Morgan fingerprint density at radius 2 is 1.55 bits per heavy atom. The molecule has 2 aromatic carbocycles. The molecule has 2 aromatic rings. The maximum absolute atomic E-state index is 13.9. The minimum atomic E-state index is -1.10. The zero-order chi connectivity index (χ0) is 14.9. The van der Waals surface area contributed by atoms with Crippen molar-refractivity contribution in [3.8, 4) is 0 Å². The van der Waals surface area contributed by atoms with Gasteiger partial charge in [0.1, 0.15) is 11.6 Å². The van der Waals surface area contributed by atoms with Crippen LogP contribution in [0.4, 0.5) is 17.6 Å². The van der Waals surface area contributed by atoms with Gasteiger partial charge < -0.3 is 0 Å². The first kappa shape index (κ1) is 14.5. The lowest BCUT2D eigenvalue weighted by Gasteiger charge is -2.18. The van der Waals surface area contributed by atoms with Crippen molar-refractivity contribution in [1.82, 2.24) is 5.43 Å². The molecule has 0 spiro atoms. The fraction of sp³-hybridized carbons (Fsp3) is 0.143. The molecule has 0 aliphatic rings. The van der Waals surface area contributed by atoms with Crippen LogP contribution in [0.1, 0.15) is 22.7 Å². The van der Waals surface area contributed by atoms with Crippen LogP contribution in [0.15, 0.2) is 30.3 Å². The molecule has 106 valence electrons. The van der Waals surface area contributed by atoms with Gasteiger partial charge in [-0.3, -0.25) is 5.84 Å². The van der Waals surface area contributed by atoms with Crippen LogP contribution in [-0.4, -0.2) is 0 Å². The van der Waals surface area contributed by atoms with E-state index in [0.717, 1.165) is 12.1 Å². The summed E-state index contributed by atoms with van der Waals surface area (Å²) in [7, 11) is 0. The molecule has 0 radical (unpaired) electrons. The first-order valence-corrected chi connectivity index (χ1v) is 5.80. The molecule has 2 nitrogen and oxygen atoms in total. The van der Waals surface area contributed by atoms with Crippen LogP contribution in [0.25, 0.3) is 0 Å². The van der Waals surface area contributed by atoms with Crippen molar-refractivity contribution < 1.29 is 17.6 Å². The summed E-state index contributed by atoms with van der Waals surface area (Å²) in [5.74, 6) is 1.54. The van der Waals surface area contributed by atoms with E-state index in [1.165, 1.54) is 19.1 Å². The standard InChI is InChI=1S/C14H12F4N2/c1-7-2-3-11(13(18)12(7)17)14(20-19)8-4-9(15)6-10(16)5-8/h2-6,14,20H,19H2,1H3. The maximum atomic E-state index is 13.9. The van der Waals surface area contributed by atoms with Gasteiger partial charge in [0.2, 0.25) is 0 Å². The molecule has 0 aliphatic heterocycles. The van der Waals surface area contributed by atoms with E-state index in [9.17, 15) is 17.6 Å². The third-order valence-corrected chi connectivity index (χ3v) is 3.00. The van der Waals surface area contributed by atoms with Crippen LogP contribution in [-0.2, 0) is 0 Å². The summed E-state index contributed by atoms with van der Waals surface area (Å²) >= 11 is 0. The van der Waals surface area contributed by atoms with Crippen LogP contribution < -0.4 is 11.3 Å². The predicted molar refractivity (Wildman–Crippen MR) is 66.6 cm³/mol. The number of nitrogens with two attached hydrogens (primary N) is 1. The van der Waals surface area contributed by atoms with Crippen LogP contribution in [0, 0.1) is 30.2 Å². The molecule has 3 N–H and O–H groups in total. The zero-order valence-electron chi connectivity index (χ0n) is 10.6. The highest BCUT2D eigenvalue weighted by Gasteiger charge is 2.21. The first-order valence-electron chi connectivity index (χ1n) is 5.80. The second-order valence-corrected chi connectivity index (χ2v) is 4.40. The van der Waals surface area contributed by atoms with Gasteiger partial charge in [0.25, 0.3) is 0 Å². The number of nitrogens with one attached hydrogen (secondary N) is 1. The Morgan fingerprint density at radius 3 is 2.10 bits per heavy atom. The molecule has 6 heteroatoms. The van der Waals surface area contributed by atoms with Gasteiger partial charge in [0.15, 0.2) is 11.6 Å². The Bertz CT molecular complexity index is 623. The van der Waals surface area contributed by atoms with Crippen molar-refractivity contribution in [2.75, 3.05) is 0 Å². The Labute approximate surface area is 113 Å².